The molecule has 11 atom stereocenters. The van der Waals surface area contributed by atoms with E-state index in [1.807, 2.05) is 0 Å². The molecule has 2 heterocycles. The van der Waals surface area contributed by atoms with Crippen molar-refractivity contribution in [2.24, 2.45) is 5.92 Å². The highest BCUT2D eigenvalue weighted by Gasteiger charge is 2.56. The van der Waals surface area contributed by atoms with Crippen LogP contribution in [0.5, 0.6) is 0 Å². The van der Waals surface area contributed by atoms with Crippen LogP contribution in [-0.4, -0.2) is 115 Å². The van der Waals surface area contributed by atoms with Crippen LogP contribution >= 0.6 is 0 Å². The average molecular weight is 679 g/mol. The van der Waals surface area contributed by atoms with Gasteiger partial charge < -0.3 is 55.1 Å². The molecular weight excluding hydrogens is 608 g/mol. The smallest absolute Gasteiger partial charge is 0.195 e. The Morgan fingerprint density at radius 3 is 1.47 bits per heavy atom. The van der Waals surface area contributed by atoms with Crippen LogP contribution in [0, 0.1) is 5.92 Å². The maximum atomic E-state index is 11.6. The standard InChI is InChI=1S/C36H70O11/c1-3-5-7-9-11-13-14-16-18-20-22-26(21-19-17-15-12-10-8-6-4-2)23-36(44)34(43)32(42)33(28(25-38)47-36)46-35-31(41)30(40)29(39)27(24-37)45-35/h26-35,37-44H,3-25H2,1-2H3/t26?,27-,28-,29+,30+,31-,32+,33-,34-,35+,36+/m1/s1. The third kappa shape index (κ3) is 14.4. The molecule has 0 saturated carbocycles. The first-order valence-electron chi connectivity index (χ1n) is 19.0. The van der Waals surface area contributed by atoms with E-state index >= 15 is 0 Å². The summed E-state index contributed by atoms with van der Waals surface area (Å²) in [7, 11) is 0. The van der Waals surface area contributed by atoms with E-state index in [4.69, 9.17) is 14.2 Å². The van der Waals surface area contributed by atoms with Gasteiger partial charge in [-0.1, -0.05) is 142 Å². The molecule has 2 saturated heterocycles. The number of hydrogen-bond donors (Lipinski definition) is 8. The molecule has 0 radical (unpaired) electrons. The van der Waals surface area contributed by atoms with E-state index in [-0.39, 0.29) is 12.3 Å². The minimum absolute atomic E-state index is 0.0400. The molecule has 0 aliphatic carbocycles. The van der Waals surface area contributed by atoms with Crippen molar-refractivity contribution >= 4 is 0 Å². The van der Waals surface area contributed by atoms with Gasteiger partial charge >= 0.3 is 0 Å². The fraction of sp³-hybridized carbons (Fsp3) is 1.00. The molecular formula is C36H70O11. The number of aliphatic hydroxyl groups is 8. The molecule has 0 aromatic rings. The summed E-state index contributed by atoms with van der Waals surface area (Å²) in [5, 5.41) is 84.2. The number of aliphatic hydroxyl groups excluding tert-OH is 7. The van der Waals surface area contributed by atoms with Crippen LogP contribution in [-0.2, 0) is 14.2 Å². The Morgan fingerprint density at radius 2 is 1.02 bits per heavy atom. The Kier molecular flexibility index (Phi) is 21.7. The second-order valence-corrected chi connectivity index (χ2v) is 14.2. The topological polar surface area (TPSA) is 190 Å². The lowest BCUT2D eigenvalue weighted by Crippen LogP contribution is -2.68. The SMILES string of the molecule is CCCCCCCCCCCCC(CCCCCCCCCC)C[C@]1(O)O[C@H](CO)[C@@H](O[C@@H]2O[C@H](CO)[C@H](O)[C@H](O)[C@H]2O)[C@H](O)[C@H]1O. The van der Waals surface area contributed by atoms with Gasteiger partial charge in [0.1, 0.15) is 48.8 Å². The molecule has 0 aromatic carbocycles. The molecule has 47 heavy (non-hydrogen) atoms. The third-order valence-corrected chi connectivity index (χ3v) is 10.2. The maximum Gasteiger partial charge on any atom is 0.195 e. The molecule has 0 amide bonds. The van der Waals surface area contributed by atoms with Crippen molar-refractivity contribution in [3.63, 3.8) is 0 Å². The van der Waals surface area contributed by atoms with Crippen LogP contribution in [0.3, 0.4) is 0 Å². The summed E-state index contributed by atoms with van der Waals surface area (Å²) in [6, 6.07) is 0. The summed E-state index contributed by atoms with van der Waals surface area (Å²) >= 11 is 0. The lowest BCUT2D eigenvalue weighted by atomic mass is 9.82. The third-order valence-electron chi connectivity index (χ3n) is 10.2. The molecule has 0 aromatic heterocycles. The van der Waals surface area contributed by atoms with Gasteiger partial charge in [0.15, 0.2) is 12.1 Å². The van der Waals surface area contributed by atoms with Crippen molar-refractivity contribution in [2.75, 3.05) is 13.2 Å². The molecule has 2 fully saturated rings. The number of unbranched alkanes of at least 4 members (excludes halogenated alkanes) is 16. The Morgan fingerprint density at radius 1 is 0.574 bits per heavy atom. The van der Waals surface area contributed by atoms with Gasteiger partial charge in [0.2, 0.25) is 0 Å². The van der Waals surface area contributed by atoms with Crippen molar-refractivity contribution in [3.8, 4) is 0 Å². The zero-order valence-corrected chi connectivity index (χ0v) is 29.3. The lowest BCUT2D eigenvalue weighted by molar-refractivity contribution is -0.386. The van der Waals surface area contributed by atoms with Crippen molar-refractivity contribution < 1.29 is 55.1 Å². The van der Waals surface area contributed by atoms with Crippen LogP contribution in [0.15, 0.2) is 0 Å². The molecule has 2 aliphatic heterocycles. The predicted molar refractivity (Wildman–Crippen MR) is 179 cm³/mol. The van der Waals surface area contributed by atoms with Gasteiger partial charge in [0, 0.05) is 6.42 Å². The highest BCUT2D eigenvalue weighted by Crippen LogP contribution is 2.38. The van der Waals surface area contributed by atoms with Gasteiger partial charge in [-0.25, -0.2) is 0 Å². The van der Waals surface area contributed by atoms with Gasteiger partial charge in [-0.2, -0.15) is 0 Å². The summed E-state index contributed by atoms with van der Waals surface area (Å²) in [6.45, 7) is 3.10. The normalized spacial score (nSPS) is 33.7. The van der Waals surface area contributed by atoms with Gasteiger partial charge in [0.25, 0.3) is 0 Å². The molecule has 0 bridgehead atoms. The van der Waals surface area contributed by atoms with E-state index in [0.717, 1.165) is 38.5 Å². The fourth-order valence-electron chi connectivity index (χ4n) is 7.13. The second kappa shape index (κ2) is 23.9. The van der Waals surface area contributed by atoms with Gasteiger partial charge in [-0.3, -0.25) is 0 Å². The molecule has 0 spiro atoms. The lowest BCUT2D eigenvalue weighted by Gasteiger charge is -2.49. The highest BCUT2D eigenvalue weighted by atomic mass is 16.7. The molecule has 1 unspecified atom stereocenters. The van der Waals surface area contributed by atoms with Crippen molar-refractivity contribution in [3.05, 3.63) is 0 Å². The highest BCUT2D eigenvalue weighted by molar-refractivity contribution is 4.99. The monoisotopic (exact) mass is 678 g/mol. The van der Waals surface area contributed by atoms with Crippen molar-refractivity contribution in [1.29, 1.82) is 0 Å². The molecule has 280 valence electrons. The Balaban J connectivity index is 1.98. The fourth-order valence-corrected chi connectivity index (χ4v) is 7.13. The number of hydrogen-bond acceptors (Lipinski definition) is 11. The minimum Gasteiger partial charge on any atom is -0.394 e. The first kappa shape index (κ1) is 42.7. The summed E-state index contributed by atoms with van der Waals surface area (Å²) in [5.74, 6) is -2.09. The quantitative estimate of drug-likeness (QED) is 0.0621. The molecule has 11 nitrogen and oxygen atoms in total. The first-order valence-corrected chi connectivity index (χ1v) is 19.0. The van der Waals surface area contributed by atoms with Gasteiger partial charge in [-0.15, -0.1) is 0 Å². The molecule has 11 heteroatoms. The van der Waals surface area contributed by atoms with E-state index in [1.54, 1.807) is 0 Å². The summed E-state index contributed by atoms with van der Waals surface area (Å²) in [6.07, 6.45) is 9.43. The van der Waals surface area contributed by atoms with E-state index in [1.165, 1.54) is 89.9 Å². The average Bonchev–Trinajstić information content (AvgIpc) is 3.06. The summed E-state index contributed by atoms with van der Waals surface area (Å²) in [5.41, 5.74) is 0. The molecule has 2 aliphatic rings. The summed E-state index contributed by atoms with van der Waals surface area (Å²) < 4.78 is 17.0. The van der Waals surface area contributed by atoms with E-state index in [9.17, 15) is 40.9 Å². The Bertz CT molecular complexity index is 771. The second-order valence-electron chi connectivity index (χ2n) is 14.2. The largest absolute Gasteiger partial charge is 0.394 e. The van der Waals surface area contributed by atoms with Crippen LogP contribution in [0.25, 0.3) is 0 Å². The van der Waals surface area contributed by atoms with Crippen LogP contribution in [0.2, 0.25) is 0 Å². The summed E-state index contributed by atoms with van der Waals surface area (Å²) in [4.78, 5) is 0. The van der Waals surface area contributed by atoms with E-state index < -0.39 is 74.1 Å². The maximum absolute atomic E-state index is 11.6. The zero-order chi connectivity index (χ0) is 34.7. The van der Waals surface area contributed by atoms with Crippen LogP contribution < -0.4 is 0 Å². The van der Waals surface area contributed by atoms with Crippen LogP contribution in [0.4, 0.5) is 0 Å². The molecule has 8 N–H and O–H groups in total. The van der Waals surface area contributed by atoms with E-state index in [2.05, 4.69) is 13.8 Å². The first-order chi connectivity index (χ1) is 22.6. The van der Waals surface area contributed by atoms with E-state index in [0.29, 0.717) is 0 Å². The number of rotatable bonds is 26. The molecule has 2 rings (SSSR count). The predicted octanol–water partition coefficient (Wildman–Crippen LogP) is 3.82. The van der Waals surface area contributed by atoms with Crippen molar-refractivity contribution in [1.82, 2.24) is 0 Å². The Labute approximate surface area is 283 Å². The Hall–Kier alpha value is -0.440. The zero-order valence-electron chi connectivity index (χ0n) is 29.3. The van der Waals surface area contributed by atoms with Gasteiger partial charge in [0.05, 0.1) is 13.2 Å². The van der Waals surface area contributed by atoms with Gasteiger partial charge in [-0.05, 0) is 5.92 Å². The van der Waals surface area contributed by atoms with Crippen molar-refractivity contribution in [2.45, 2.75) is 210 Å². The minimum atomic E-state index is -2.13. The number of ether oxygens (including phenoxy) is 3. The van der Waals surface area contributed by atoms with Crippen LogP contribution in [0.1, 0.15) is 149 Å².